The summed E-state index contributed by atoms with van der Waals surface area (Å²) < 4.78 is 93.8. The molecule has 29 heavy (non-hydrogen) atoms. The second-order valence-electron chi connectivity index (χ2n) is 6.42. The Kier molecular flexibility index (Phi) is 6.63. The number of benzene rings is 2. The van der Waals surface area contributed by atoms with E-state index in [2.05, 4.69) is 4.72 Å². The molecule has 11 heteroatoms. The Labute approximate surface area is 164 Å². The van der Waals surface area contributed by atoms with E-state index >= 15 is 0 Å². The van der Waals surface area contributed by atoms with Crippen LogP contribution in [-0.4, -0.2) is 26.5 Å². The first-order valence-electron chi connectivity index (χ1n) is 8.26. The molecule has 0 spiro atoms. The van der Waals surface area contributed by atoms with E-state index in [1.807, 2.05) is 0 Å². The van der Waals surface area contributed by atoms with E-state index in [0.717, 1.165) is 30.3 Å². The fourth-order valence-electron chi connectivity index (χ4n) is 2.44. The summed E-state index contributed by atoms with van der Waals surface area (Å²) in [4.78, 5) is 11.8. The number of carbonyl (C=O) groups is 1. The monoisotopic (exact) mass is 436 g/mol. The third-order valence-corrected chi connectivity index (χ3v) is 5.35. The zero-order chi connectivity index (χ0) is 22.0. The van der Waals surface area contributed by atoms with Crippen LogP contribution in [0.3, 0.4) is 0 Å². The molecular weight excluding hydrogens is 419 g/mol. The molecule has 0 fully saturated rings. The molecule has 0 aliphatic rings. The van der Waals surface area contributed by atoms with Crippen molar-refractivity contribution in [2.24, 2.45) is 0 Å². The summed E-state index contributed by atoms with van der Waals surface area (Å²) in [5.74, 6) is -3.45. The Hall–Kier alpha value is -2.53. The van der Waals surface area contributed by atoms with Gasteiger partial charge in [-0.25, -0.2) is 21.9 Å². The van der Waals surface area contributed by atoms with Gasteiger partial charge >= 0.3 is 6.18 Å². The SMILES string of the molecule is CC(C)NS(=O)(=O)c1ccc(F)c(C(=O)NC(c2ccc(F)cc2)C(F)(F)F)c1. The molecule has 2 N–H and O–H groups in total. The second-order valence-corrected chi connectivity index (χ2v) is 8.13. The summed E-state index contributed by atoms with van der Waals surface area (Å²) >= 11 is 0. The van der Waals surface area contributed by atoms with Crippen LogP contribution in [0.25, 0.3) is 0 Å². The van der Waals surface area contributed by atoms with Crippen LogP contribution >= 0.6 is 0 Å². The number of alkyl halides is 3. The van der Waals surface area contributed by atoms with Gasteiger partial charge in [0.15, 0.2) is 6.04 Å². The molecule has 0 aliphatic carbocycles. The van der Waals surface area contributed by atoms with Crippen LogP contribution in [-0.2, 0) is 10.0 Å². The standard InChI is InChI=1S/C18H17F5N2O3S/c1-10(2)25-29(27,28)13-7-8-15(20)14(9-13)17(26)24-16(18(21,22)23)11-3-5-12(19)6-4-11/h3-10,16,25H,1-2H3,(H,24,26). The van der Waals surface area contributed by atoms with Gasteiger partial charge in [-0.1, -0.05) is 12.1 Å². The highest BCUT2D eigenvalue weighted by atomic mass is 32.2. The summed E-state index contributed by atoms with van der Waals surface area (Å²) in [5.41, 5.74) is -1.36. The van der Waals surface area contributed by atoms with Crippen molar-refractivity contribution >= 4 is 15.9 Å². The Morgan fingerprint density at radius 1 is 1.00 bits per heavy atom. The number of carbonyl (C=O) groups excluding carboxylic acids is 1. The fraction of sp³-hybridized carbons (Fsp3) is 0.278. The molecule has 0 aromatic heterocycles. The maximum Gasteiger partial charge on any atom is 0.412 e. The molecule has 0 radical (unpaired) electrons. The number of halogens is 5. The van der Waals surface area contributed by atoms with E-state index in [1.54, 1.807) is 5.32 Å². The van der Waals surface area contributed by atoms with Gasteiger partial charge in [0.25, 0.3) is 5.91 Å². The Morgan fingerprint density at radius 3 is 2.10 bits per heavy atom. The first kappa shape index (κ1) is 22.8. The van der Waals surface area contributed by atoms with Crippen molar-refractivity contribution in [1.82, 2.24) is 10.0 Å². The molecule has 2 aromatic carbocycles. The maximum absolute atomic E-state index is 14.1. The van der Waals surface area contributed by atoms with Gasteiger partial charge < -0.3 is 5.32 Å². The molecular formula is C18H17F5N2O3S. The lowest BCUT2D eigenvalue weighted by Gasteiger charge is -2.22. The minimum absolute atomic E-state index is 0.474. The summed E-state index contributed by atoms with van der Waals surface area (Å²) in [6.45, 7) is 3.07. The molecule has 0 saturated carbocycles. The van der Waals surface area contributed by atoms with Crippen molar-refractivity contribution in [2.45, 2.75) is 37.0 Å². The Balaban J connectivity index is 2.39. The quantitative estimate of drug-likeness (QED) is 0.679. The smallest absolute Gasteiger partial charge is 0.337 e. The van der Waals surface area contributed by atoms with Gasteiger partial charge in [-0.3, -0.25) is 4.79 Å². The van der Waals surface area contributed by atoms with E-state index in [4.69, 9.17) is 0 Å². The van der Waals surface area contributed by atoms with Crippen LogP contribution < -0.4 is 10.0 Å². The van der Waals surface area contributed by atoms with Gasteiger partial charge in [-0.05, 0) is 49.7 Å². The van der Waals surface area contributed by atoms with E-state index in [0.29, 0.717) is 12.1 Å². The highest BCUT2D eigenvalue weighted by Crippen LogP contribution is 2.33. The van der Waals surface area contributed by atoms with Crippen molar-refractivity contribution in [3.63, 3.8) is 0 Å². The molecule has 5 nitrogen and oxygen atoms in total. The average molecular weight is 436 g/mol. The normalized spacial score (nSPS) is 13.4. The number of nitrogens with one attached hydrogen (secondary N) is 2. The zero-order valence-corrected chi connectivity index (χ0v) is 16.0. The number of rotatable bonds is 6. The van der Waals surface area contributed by atoms with Crippen molar-refractivity contribution in [2.75, 3.05) is 0 Å². The van der Waals surface area contributed by atoms with Crippen molar-refractivity contribution in [3.8, 4) is 0 Å². The third-order valence-electron chi connectivity index (χ3n) is 3.69. The fourth-order valence-corrected chi connectivity index (χ4v) is 3.72. The van der Waals surface area contributed by atoms with Gasteiger partial charge in [0.1, 0.15) is 11.6 Å². The summed E-state index contributed by atoms with van der Waals surface area (Å²) in [6, 6.07) is 2.38. The highest BCUT2D eigenvalue weighted by molar-refractivity contribution is 7.89. The first-order chi connectivity index (χ1) is 13.3. The number of sulfonamides is 1. The predicted octanol–water partition coefficient (Wildman–Crippen LogP) is 3.68. The predicted molar refractivity (Wildman–Crippen MR) is 94.5 cm³/mol. The van der Waals surface area contributed by atoms with Crippen molar-refractivity contribution < 1.29 is 35.2 Å². The van der Waals surface area contributed by atoms with Crippen LogP contribution in [0.4, 0.5) is 22.0 Å². The van der Waals surface area contributed by atoms with Gasteiger partial charge in [-0.2, -0.15) is 13.2 Å². The van der Waals surface area contributed by atoms with E-state index in [9.17, 15) is 35.2 Å². The van der Waals surface area contributed by atoms with Crippen molar-refractivity contribution in [1.29, 1.82) is 0 Å². The van der Waals surface area contributed by atoms with E-state index in [1.165, 1.54) is 13.8 Å². The second kappa shape index (κ2) is 8.46. The van der Waals surface area contributed by atoms with Crippen LogP contribution in [0.15, 0.2) is 47.4 Å². The Bertz CT molecular complexity index is 990. The molecule has 1 atom stereocenters. The third kappa shape index (κ3) is 5.73. The molecule has 0 aliphatic heterocycles. The van der Waals surface area contributed by atoms with Crippen LogP contribution in [0.2, 0.25) is 0 Å². The molecule has 0 saturated heterocycles. The van der Waals surface area contributed by atoms with Crippen LogP contribution in [0.5, 0.6) is 0 Å². The lowest BCUT2D eigenvalue weighted by atomic mass is 10.1. The summed E-state index contributed by atoms with van der Waals surface area (Å²) in [5, 5.41) is 1.63. The van der Waals surface area contributed by atoms with Crippen LogP contribution in [0.1, 0.15) is 35.8 Å². The van der Waals surface area contributed by atoms with Gasteiger partial charge in [0.05, 0.1) is 10.5 Å². The summed E-state index contributed by atoms with van der Waals surface area (Å²) in [7, 11) is -4.11. The minimum Gasteiger partial charge on any atom is -0.337 e. The van der Waals surface area contributed by atoms with Crippen molar-refractivity contribution in [3.05, 3.63) is 65.2 Å². The molecule has 1 amide bonds. The largest absolute Gasteiger partial charge is 0.412 e. The number of amides is 1. The van der Waals surface area contributed by atoms with Crippen LogP contribution in [0, 0.1) is 11.6 Å². The average Bonchev–Trinajstić information content (AvgIpc) is 2.58. The Morgan fingerprint density at radius 2 is 1.59 bits per heavy atom. The zero-order valence-electron chi connectivity index (χ0n) is 15.2. The van der Waals surface area contributed by atoms with Gasteiger partial charge in [-0.15, -0.1) is 0 Å². The van der Waals surface area contributed by atoms with Gasteiger partial charge in [0, 0.05) is 6.04 Å². The molecule has 0 bridgehead atoms. The first-order valence-corrected chi connectivity index (χ1v) is 9.74. The topological polar surface area (TPSA) is 75.3 Å². The van der Waals surface area contributed by atoms with E-state index < -0.39 is 61.8 Å². The van der Waals surface area contributed by atoms with E-state index in [-0.39, 0.29) is 0 Å². The minimum atomic E-state index is -4.97. The maximum atomic E-state index is 14.1. The molecule has 2 rings (SSSR count). The molecule has 1 unspecified atom stereocenters. The lowest BCUT2D eigenvalue weighted by molar-refractivity contribution is -0.155. The summed E-state index contributed by atoms with van der Waals surface area (Å²) in [6.07, 6.45) is -4.97. The molecule has 158 valence electrons. The number of hydrogen-bond donors (Lipinski definition) is 2. The highest BCUT2D eigenvalue weighted by Gasteiger charge is 2.42. The number of hydrogen-bond acceptors (Lipinski definition) is 3. The molecule has 0 heterocycles. The van der Waals surface area contributed by atoms with Gasteiger partial charge in [0.2, 0.25) is 10.0 Å². The molecule has 2 aromatic rings. The lowest BCUT2D eigenvalue weighted by Crippen LogP contribution is -2.38.